The smallest absolute Gasteiger partial charge is 0.310 e. The van der Waals surface area contributed by atoms with Gasteiger partial charge in [0, 0.05) is 18.9 Å². The minimum atomic E-state index is -1.39. The zero-order chi connectivity index (χ0) is 21.1. The Hall–Kier alpha value is -3.01. The number of carbonyl (C=O) groups excluding carboxylic acids is 4. The van der Waals surface area contributed by atoms with Gasteiger partial charge < -0.3 is 25.4 Å². The number of aliphatic hydroxyl groups excluding tert-OH is 1. The number of amides is 3. The SMILES string of the molecule is Cc1ccncc1C(=O)N[C@@H](C)C(=O)N1CCC[C@H]1C(=O)N[C@H]1CC(=O)O[C@H]1O. The van der Waals surface area contributed by atoms with Crippen molar-refractivity contribution in [2.45, 2.75) is 57.5 Å². The topological polar surface area (TPSA) is 138 Å². The highest BCUT2D eigenvalue weighted by atomic mass is 16.6. The van der Waals surface area contributed by atoms with Gasteiger partial charge in [0.2, 0.25) is 18.1 Å². The Morgan fingerprint density at radius 2 is 2.14 bits per heavy atom. The molecule has 156 valence electrons. The lowest BCUT2D eigenvalue weighted by Crippen LogP contribution is -2.54. The average molecular weight is 404 g/mol. The molecule has 2 fully saturated rings. The number of nitrogens with one attached hydrogen (secondary N) is 2. The van der Waals surface area contributed by atoms with Crippen molar-refractivity contribution in [2.75, 3.05) is 6.54 Å². The summed E-state index contributed by atoms with van der Waals surface area (Å²) in [6.07, 6.45) is 2.59. The van der Waals surface area contributed by atoms with E-state index in [1.54, 1.807) is 26.1 Å². The fourth-order valence-electron chi connectivity index (χ4n) is 3.54. The molecule has 2 aliphatic rings. The van der Waals surface area contributed by atoms with E-state index < -0.39 is 42.2 Å². The number of hydrogen-bond donors (Lipinski definition) is 3. The Bertz CT molecular complexity index is 829. The highest BCUT2D eigenvalue weighted by Crippen LogP contribution is 2.20. The average Bonchev–Trinajstić information content (AvgIpc) is 3.27. The monoisotopic (exact) mass is 404 g/mol. The fraction of sp³-hybridized carbons (Fsp3) is 0.526. The highest BCUT2D eigenvalue weighted by Gasteiger charge is 2.40. The van der Waals surface area contributed by atoms with E-state index in [1.807, 2.05) is 0 Å². The van der Waals surface area contributed by atoms with Gasteiger partial charge in [0.15, 0.2) is 0 Å². The van der Waals surface area contributed by atoms with Crippen LogP contribution < -0.4 is 10.6 Å². The molecule has 29 heavy (non-hydrogen) atoms. The molecule has 10 nitrogen and oxygen atoms in total. The van der Waals surface area contributed by atoms with Crippen molar-refractivity contribution in [1.29, 1.82) is 0 Å². The zero-order valence-corrected chi connectivity index (χ0v) is 16.3. The summed E-state index contributed by atoms with van der Waals surface area (Å²) >= 11 is 0. The molecule has 1 aromatic heterocycles. The van der Waals surface area contributed by atoms with Gasteiger partial charge in [-0.05, 0) is 38.3 Å². The first-order chi connectivity index (χ1) is 13.8. The van der Waals surface area contributed by atoms with E-state index in [0.717, 1.165) is 5.56 Å². The van der Waals surface area contributed by atoms with E-state index in [2.05, 4.69) is 20.4 Å². The summed E-state index contributed by atoms with van der Waals surface area (Å²) in [4.78, 5) is 54.5. The summed E-state index contributed by atoms with van der Waals surface area (Å²) in [5.41, 5.74) is 1.12. The van der Waals surface area contributed by atoms with Gasteiger partial charge in [0.05, 0.1) is 12.0 Å². The zero-order valence-electron chi connectivity index (χ0n) is 16.3. The first kappa shape index (κ1) is 20.7. The van der Waals surface area contributed by atoms with Crippen molar-refractivity contribution in [3.05, 3.63) is 29.6 Å². The quantitative estimate of drug-likeness (QED) is 0.549. The second kappa shape index (κ2) is 8.56. The van der Waals surface area contributed by atoms with E-state index in [1.165, 1.54) is 11.1 Å². The number of ether oxygens (including phenoxy) is 1. The number of aryl methyl sites for hydroxylation is 1. The Labute approximate surface area is 167 Å². The van der Waals surface area contributed by atoms with Crippen molar-refractivity contribution in [2.24, 2.45) is 0 Å². The molecule has 4 atom stereocenters. The second-order valence-electron chi connectivity index (χ2n) is 7.28. The molecular weight excluding hydrogens is 380 g/mol. The lowest BCUT2D eigenvalue weighted by atomic mass is 10.1. The Morgan fingerprint density at radius 1 is 1.38 bits per heavy atom. The number of rotatable bonds is 5. The third kappa shape index (κ3) is 4.53. The predicted molar refractivity (Wildman–Crippen MR) is 99.3 cm³/mol. The van der Waals surface area contributed by atoms with Gasteiger partial charge in [-0.3, -0.25) is 24.2 Å². The van der Waals surface area contributed by atoms with Crippen LogP contribution in [0, 0.1) is 6.92 Å². The summed E-state index contributed by atoms with van der Waals surface area (Å²) in [5, 5.41) is 14.9. The van der Waals surface area contributed by atoms with Gasteiger partial charge in [-0.25, -0.2) is 0 Å². The normalized spacial score (nSPS) is 24.7. The molecule has 0 saturated carbocycles. The van der Waals surface area contributed by atoms with Crippen LogP contribution >= 0.6 is 0 Å². The molecule has 0 radical (unpaired) electrons. The number of pyridine rings is 1. The van der Waals surface area contributed by atoms with E-state index in [0.29, 0.717) is 24.9 Å². The van der Waals surface area contributed by atoms with Crippen LogP contribution in [0.4, 0.5) is 0 Å². The predicted octanol–water partition coefficient (Wildman–Crippen LogP) is -0.751. The molecule has 3 amide bonds. The lowest BCUT2D eigenvalue weighted by molar-refractivity contribution is -0.155. The third-order valence-corrected chi connectivity index (χ3v) is 5.15. The molecule has 3 N–H and O–H groups in total. The van der Waals surface area contributed by atoms with Gasteiger partial charge in [-0.2, -0.15) is 0 Å². The first-order valence-electron chi connectivity index (χ1n) is 9.48. The van der Waals surface area contributed by atoms with Gasteiger partial charge in [-0.15, -0.1) is 0 Å². The Balaban J connectivity index is 1.61. The number of cyclic esters (lactones) is 1. The summed E-state index contributed by atoms with van der Waals surface area (Å²) in [5.74, 6) is -1.85. The van der Waals surface area contributed by atoms with Crippen LogP contribution in [-0.4, -0.2) is 69.6 Å². The number of aromatic nitrogens is 1. The highest BCUT2D eigenvalue weighted by molar-refractivity contribution is 5.99. The van der Waals surface area contributed by atoms with Crippen molar-refractivity contribution in [3.8, 4) is 0 Å². The van der Waals surface area contributed by atoms with Crippen LogP contribution in [0.3, 0.4) is 0 Å². The summed E-state index contributed by atoms with van der Waals surface area (Å²) in [6, 6.07) is -0.700. The molecule has 2 aliphatic heterocycles. The number of aliphatic hydroxyl groups is 1. The maximum absolute atomic E-state index is 12.9. The number of esters is 1. The number of carbonyl (C=O) groups is 4. The molecular formula is C19H24N4O6. The minimum absolute atomic E-state index is 0.121. The molecule has 0 unspecified atom stereocenters. The van der Waals surface area contributed by atoms with Crippen molar-refractivity contribution in [1.82, 2.24) is 20.5 Å². The van der Waals surface area contributed by atoms with Gasteiger partial charge >= 0.3 is 5.97 Å². The van der Waals surface area contributed by atoms with Crippen LogP contribution in [0.15, 0.2) is 18.5 Å². The maximum Gasteiger partial charge on any atom is 0.310 e. The molecule has 2 saturated heterocycles. The lowest BCUT2D eigenvalue weighted by Gasteiger charge is -2.28. The van der Waals surface area contributed by atoms with Crippen LogP contribution in [0.1, 0.15) is 42.1 Å². The van der Waals surface area contributed by atoms with Gasteiger partial charge in [0.25, 0.3) is 5.91 Å². The number of likely N-dealkylation sites (tertiary alicyclic amines) is 1. The Kier molecular flexibility index (Phi) is 6.12. The minimum Gasteiger partial charge on any atom is -0.434 e. The van der Waals surface area contributed by atoms with Crippen LogP contribution in [-0.2, 0) is 19.1 Å². The van der Waals surface area contributed by atoms with Crippen molar-refractivity contribution < 1.29 is 29.0 Å². The van der Waals surface area contributed by atoms with Gasteiger partial charge in [-0.1, -0.05) is 0 Å². The molecule has 0 bridgehead atoms. The van der Waals surface area contributed by atoms with Crippen LogP contribution in [0.2, 0.25) is 0 Å². The molecule has 0 aromatic carbocycles. The summed E-state index contributed by atoms with van der Waals surface area (Å²) in [6.45, 7) is 3.72. The van der Waals surface area contributed by atoms with E-state index in [-0.39, 0.29) is 12.3 Å². The summed E-state index contributed by atoms with van der Waals surface area (Å²) in [7, 11) is 0. The standard InChI is InChI=1S/C19H24N4O6/c1-10-5-6-20-9-12(10)16(25)21-11(2)18(27)23-7-3-4-14(23)17(26)22-13-8-15(24)29-19(13)28/h5-6,9,11,13-14,19,28H,3-4,7-8H2,1-2H3,(H,21,25)(H,22,26)/t11-,13-,14-,19+/m0/s1. The van der Waals surface area contributed by atoms with Crippen molar-refractivity contribution >= 4 is 23.7 Å². The molecule has 3 heterocycles. The third-order valence-electron chi connectivity index (χ3n) is 5.15. The van der Waals surface area contributed by atoms with Crippen molar-refractivity contribution in [3.63, 3.8) is 0 Å². The number of hydrogen-bond acceptors (Lipinski definition) is 7. The molecule has 0 spiro atoms. The number of nitrogens with zero attached hydrogens (tertiary/aromatic N) is 2. The maximum atomic E-state index is 12.9. The molecule has 3 rings (SSSR count). The Morgan fingerprint density at radius 3 is 2.79 bits per heavy atom. The largest absolute Gasteiger partial charge is 0.434 e. The van der Waals surface area contributed by atoms with E-state index in [4.69, 9.17) is 0 Å². The molecule has 10 heteroatoms. The van der Waals surface area contributed by atoms with Gasteiger partial charge in [0.1, 0.15) is 18.1 Å². The second-order valence-corrected chi connectivity index (χ2v) is 7.28. The van der Waals surface area contributed by atoms with E-state index >= 15 is 0 Å². The van der Waals surface area contributed by atoms with Crippen LogP contribution in [0.25, 0.3) is 0 Å². The molecule has 1 aromatic rings. The first-order valence-corrected chi connectivity index (χ1v) is 9.48. The summed E-state index contributed by atoms with van der Waals surface area (Å²) < 4.78 is 4.61. The van der Waals surface area contributed by atoms with Crippen LogP contribution in [0.5, 0.6) is 0 Å². The fourth-order valence-corrected chi connectivity index (χ4v) is 3.54. The molecule has 0 aliphatic carbocycles. The van der Waals surface area contributed by atoms with E-state index in [9.17, 15) is 24.3 Å².